The summed E-state index contributed by atoms with van der Waals surface area (Å²) < 4.78 is 15.6. The molecule has 1 atom stereocenters. The lowest BCUT2D eigenvalue weighted by Crippen LogP contribution is -2.30. The quantitative estimate of drug-likeness (QED) is 0.440. The third-order valence-electron chi connectivity index (χ3n) is 4.00. The number of nitro benzene ring substituents is 1. The van der Waals surface area contributed by atoms with Crippen LogP contribution in [0.4, 0.5) is 11.4 Å². The van der Waals surface area contributed by atoms with Crippen LogP contribution in [-0.4, -0.2) is 37.1 Å². The Morgan fingerprint density at radius 2 is 1.68 bits per heavy atom. The largest absolute Gasteiger partial charge is 0.496 e. The average Bonchev–Trinajstić information content (AvgIpc) is 2.68. The summed E-state index contributed by atoms with van der Waals surface area (Å²) in [6.45, 7) is 3.14. The molecule has 1 unspecified atom stereocenters. The lowest BCUT2D eigenvalue weighted by Gasteiger charge is -2.15. The molecule has 0 spiro atoms. The number of hydrogen-bond donors (Lipinski definition) is 1. The van der Waals surface area contributed by atoms with Gasteiger partial charge >= 0.3 is 5.97 Å². The zero-order valence-electron chi connectivity index (χ0n) is 15.8. The normalized spacial score (nSPS) is 11.3. The Morgan fingerprint density at radius 1 is 1.11 bits per heavy atom. The fourth-order valence-corrected chi connectivity index (χ4v) is 2.46. The summed E-state index contributed by atoms with van der Waals surface area (Å²) in [5.41, 5.74) is 0.606. The van der Waals surface area contributed by atoms with Crippen molar-refractivity contribution in [3.8, 4) is 11.5 Å². The third kappa shape index (κ3) is 4.56. The molecule has 0 saturated heterocycles. The number of methoxy groups -OCH3 is 2. The van der Waals surface area contributed by atoms with Crippen molar-refractivity contribution >= 4 is 23.3 Å². The summed E-state index contributed by atoms with van der Waals surface area (Å²) in [5, 5.41) is 13.4. The Hall–Kier alpha value is -3.62. The molecule has 9 nitrogen and oxygen atoms in total. The zero-order valence-corrected chi connectivity index (χ0v) is 15.8. The van der Waals surface area contributed by atoms with Crippen LogP contribution in [0.2, 0.25) is 0 Å². The minimum Gasteiger partial charge on any atom is -0.496 e. The number of carbonyl (C=O) groups is 2. The summed E-state index contributed by atoms with van der Waals surface area (Å²) in [6.07, 6.45) is -1.19. The lowest BCUT2D eigenvalue weighted by atomic mass is 10.1. The number of hydrogen-bond acceptors (Lipinski definition) is 7. The first-order chi connectivity index (χ1) is 13.3. The summed E-state index contributed by atoms with van der Waals surface area (Å²) in [5.74, 6) is -0.595. The van der Waals surface area contributed by atoms with Gasteiger partial charge in [-0.3, -0.25) is 14.9 Å². The van der Waals surface area contributed by atoms with E-state index in [1.807, 2.05) is 0 Å². The van der Waals surface area contributed by atoms with Gasteiger partial charge in [0.05, 0.1) is 24.7 Å². The lowest BCUT2D eigenvalue weighted by molar-refractivity contribution is -0.383. The second-order valence-corrected chi connectivity index (χ2v) is 5.82. The molecule has 28 heavy (non-hydrogen) atoms. The van der Waals surface area contributed by atoms with Crippen molar-refractivity contribution in [3.05, 3.63) is 57.6 Å². The minimum absolute atomic E-state index is 0.0130. The Labute approximate surface area is 161 Å². The average molecular weight is 388 g/mol. The van der Waals surface area contributed by atoms with E-state index in [2.05, 4.69) is 5.32 Å². The third-order valence-corrected chi connectivity index (χ3v) is 4.00. The van der Waals surface area contributed by atoms with Gasteiger partial charge in [0.25, 0.3) is 11.6 Å². The predicted octanol–water partition coefficient (Wildman–Crippen LogP) is 3.10. The van der Waals surface area contributed by atoms with Crippen LogP contribution in [0.1, 0.15) is 22.8 Å². The maximum Gasteiger partial charge on any atom is 0.339 e. The van der Waals surface area contributed by atoms with Gasteiger partial charge in [-0.05, 0) is 32.0 Å². The molecule has 0 bridgehead atoms. The van der Waals surface area contributed by atoms with Crippen LogP contribution in [0.25, 0.3) is 0 Å². The summed E-state index contributed by atoms with van der Waals surface area (Å²) in [4.78, 5) is 35.1. The van der Waals surface area contributed by atoms with Crippen molar-refractivity contribution in [1.29, 1.82) is 0 Å². The van der Waals surface area contributed by atoms with Gasteiger partial charge in [-0.1, -0.05) is 12.1 Å². The highest BCUT2D eigenvalue weighted by Gasteiger charge is 2.23. The highest BCUT2D eigenvalue weighted by molar-refractivity contribution is 5.98. The second-order valence-electron chi connectivity index (χ2n) is 5.82. The Kier molecular flexibility index (Phi) is 6.54. The smallest absolute Gasteiger partial charge is 0.339 e. The fraction of sp³-hybridized carbons (Fsp3) is 0.263. The second kappa shape index (κ2) is 8.85. The van der Waals surface area contributed by atoms with Crippen LogP contribution in [0, 0.1) is 17.0 Å². The summed E-state index contributed by atoms with van der Waals surface area (Å²) in [6, 6.07) is 8.64. The van der Waals surface area contributed by atoms with Crippen molar-refractivity contribution in [3.63, 3.8) is 0 Å². The van der Waals surface area contributed by atoms with E-state index in [4.69, 9.17) is 14.2 Å². The fourth-order valence-electron chi connectivity index (χ4n) is 2.46. The molecule has 0 fully saturated rings. The van der Waals surface area contributed by atoms with E-state index in [-0.39, 0.29) is 16.9 Å². The molecule has 0 saturated carbocycles. The number of carbonyl (C=O) groups excluding carboxylic acids is 2. The van der Waals surface area contributed by atoms with Crippen LogP contribution in [-0.2, 0) is 9.53 Å². The number of nitrogens with zero attached hydrogens (tertiary/aromatic N) is 1. The van der Waals surface area contributed by atoms with Gasteiger partial charge in [0.2, 0.25) is 0 Å². The van der Waals surface area contributed by atoms with Gasteiger partial charge in [-0.2, -0.15) is 0 Å². The molecule has 0 aliphatic rings. The Bertz CT molecular complexity index is 886. The number of anilines is 1. The number of nitrogens with one attached hydrogen (secondary N) is 1. The predicted molar refractivity (Wildman–Crippen MR) is 101 cm³/mol. The first-order valence-electron chi connectivity index (χ1n) is 8.26. The molecule has 2 rings (SSSR count). The minimum atomic E-state index is -1.19. The summed E-state index contributed by atoms with van der Waals surface area (Å²) in [7, 11) is 2.92. The van der Waals surface area contributed by atoms with E-state index in [0.717, 1.165) is 0 Å². The van der Waals surface area contributed by atoms with Crippen molar-refractivity contribution in [2.24, 2.45) is 0 Å². The maximum atomic E-state index is 12.4. The van der Waals surface area contributed by atoms with Crippen molar-refractivity contribution in [2.45, 2.75) is 20.0 Å². The highest BCUT2D eigenvalue weighted by atomic mass is 16.6. The molecule has 1 N–H and O–H groups in total. The van der Waals surface area contributed by atoms with Crippen LogP contribution in [0.3, 0.4) is 0 Å². The zero-order chi connectivity index (χ0) is 20.8. The molecule has 1 amide bonds. The van der Waals surface area contributed by atoms with Crippen LogP contribution in [0.5, 0.6) is 11.5 Å². The first kappa shape index (κ1) is 20.7. The monoisotopic (exact) mass is 388 g/mol. The number of nitro groups is 1. The molecule has 2 aromatic carbocycles. The molecule has 0 heterocycles. The number of para-hydroxylation sites is 2. The number of amides is 1. The molecule has 0 radical (unpaired) electrons. The van der Waals surface area contributed by atoms with Gasteiger partial charge in [0.1, 0.15) is 17.2 Å². The van der Waals surface area contributed by atoms with E-state index < -0.39 is 22.9 Å². The van der Waals surface area contributed by atoms with Gasteiger partial charge in [-0.25, -0.2) is 4.79 Å². The van der Waals surface area contributed by atoms with E-state index in [0.29, 0.717) is 17.1 Å². The maximum absolute atomic E-state index is 12.4. The molecule has 0 aliphatic heterocycles. The standard InChI is InChI=1S/C19H20N2O7/c1-11-16(26-3)9-13(10-17(11)27-4)19(23)28-12(2)18(22)20-14-7-5-6-8-15(14)21(24)25/h5-10,12H,1-4H3,(H,20,22). The molecular weight excluding hydrogens is 368 g/mol. The van der Waals surface area contributed by atoms with E-state index in [9.17, 15) is 19.7 Å². The number of esters is 1. The van der Waals surface area contributed by atoms with Crippen LogP contribution in [0.15, 0.2) is 36.4 Å². The van der Waals surface area contributed by atoms with Gasteiger partial charge in [-0.15, -0.1) is 0 Å². The van der Waals surface area contributed by atoms with Gasteiger partial charge in [0, 0.05) is 11.6 Å². The number of rotatable bonds is 7. The first-order valence-corrected chi connectivity index (χ1v) is 8.26. The topological polar surface area (TPSA) is 117 Å². The van der Waals surface area contributed by atoms with Crippen molar-refractivity contribution < 1.29 is 28.7 Å². The van der Waals surface area contributed by atoms with E-state index in [1.165, 1.54) is 51.5 Å². The molecule has 2 aromatic rings. The molecule has 148 valence electrons. The SMILES string of the molecule is COc1cc(C(=O)OC(C)C(=O)Nc2ccccc2[N+](=O)[O-])cc(OC)c1C. The molecule has 9 heteroatoms. The van der Waals surface area contributed by atoms with Gasteiger partial charge in [0.15, 0.2) is 6.10 Å². The Balaban J connectivity index is 2.14. The van der Waals surface area contributed by atoms with Crippen molar-refractivity contribution in [2.75, 3.05) is 19.5 Å². The van der Waals surface area contributed by atoms with E-state index >= 15 is 0 Å². The van der Waals surface area contributed by atoms with Crippen LogP contribution >= 0.6 is 0 Å². The molecule has 0 aromatic heterocycles. The molecular formula is C19H20N2O7. The summed E-state index contributed by atoms with van der Waals surface area (Å²) >= 11 is 0. The molecule has 0 aliphatic carbocycles. The van der Waals surface area contributed by atoms with Crippen LogP contribution < -0.4 is 14.8 Å². The van der Waals surface area contributed by atoms with E-state index in [1.54, 1.807) is 13.0 Å². The van der Waals surface area contributed by atoms with Gasteiger partial charge < -0.3 is 19.5 Å². The Morgan fingerprint density at radius 3 is 2.21 bits per heavy atom. The highest BCUT2D eigenvalue weighted by Crippen LogP contribution is 2.30. The number of ether oxygens (including phenoxy) is 3. The van der Waals surface area contributed by atoms with Crippen molar-refractivity contribution in [1.82, 2.24) is 0 Å². The number of benzene rings is 2.